The van der Waals surface area contributed by atoms with Crippen LogP contribution in [0.2, 0.25) is 0 Å². The zero-order valence-corrected chi connectivity index (χ0v) is 19.2. The van der Waals surface area contributed by atoms with Gasteiger partial charge in [-0.1, -0.05) is 54.6 Å². The molecule has 3 aromatic carbocycles. The van der Waals surface area contributed by atoms with Gasteiger partial charge in [0, 0.05) is 27.9 Å². The van der Waals surface area contributed by atoms with Crippen molar-refractivity contribution in [2.45, 2.75) is 46.3 Å². The predicted octanol–water partition coefficient (Wildman–Crippen LogP) is 6.48. The second-order valence-corrected chi connectivity index (χ2v) is 8.95. The number of aryl methyl sites for hydroxylation is 1. The van der Waals surface area contributed by atoms with Crippen LogP contribution in [0, 0.1) is 13.8 Å². The van der Waals surface area contributed by atoms with Crippen molar-refractivity contribution in [2.75, 3.05) is 5.32 Å². The zero-order chi connectivity index (χ0) is 23.0. The lowest BCUT2D eigenvalue weighted by Crippen LogP contribution is -2.19. The monoisotopic (exact) mass is 427 g/mol. The van der Waals surface area contributed by atoms with Crippen LogP contribution in [0.3, 0.4) is 0 Å². The molecule has 1 aromatic heterocycles. The molecule has 2 N–H and O–H groups in total. The van der Waals surface area contributed by atoms with E-state index in [-0.39, 0.29) is 11.5 Å². The minimum atomic E-state index is -0.984. The largest absolute Gasteiger partial charge is 0.455 e. The third kappa shape index (κ3) is 4.06. The summed E-state index contributed by atoms with van der Waals surface area (Å²) in [6.45, 7) is 9.39. The smallest absolute Gasteiger partial charge is 0.196 e. The van der Waals surface area contributed by atoms with E-state index >= 15 is 0 Å². The molecule has 4 aromatic rings. The van der Waals surface area contributed by atoms with E-state index in [9.17, 15) is 9.90 Å². The van der Waals surface area contributed by atoms with Crippen LogP contribution >= 0.6 is 0 Å². The number of nitrogens with one attached hydrogen (secondary N) is 1. The highest BCUT2D eigenvalue weighted by atomic mass is 16.3. The molecule has 1 unspecified atom stereocenters. The Kier molecular flexibility index (Phi) is 5.66. The topological polar surface area (TPSA) is 62.5 Å². The van der Waals surface area contributed by atoms with Crippen molar-refractivity contribution in [1.29, 1.82) is 0 Å². The first-order valence-corrected chi connectivity index (χ1v) is 10.9. The number of hydrogen-bond donors (Lipinski definition) is 2. The molecule has 4 heteroatoms. The maximum atomic E-state index is 13.3. The number of benzene rings is 3. The molecule has 4 nitrogen and oxygen atoms in total. The van der Waals surface area contributed by atoms with E-state index in [0.29, 0.717) is 22.3 Å². The van der Waals surface area contributed by atoms with Gasteiger partial charge in [-0.05, 0) is 52.3 Å². The van der Waals surface area contributed by atoms with Gasteiger partial charge >= 0.3 is 0 Å². The normalized spacial score (nSPS) is 12.7. The van der Waals surface area contributed by atoms with Gasteiger partial charge in [0.25, 0.3) is 0 Å². The van der Waals surface area contributed by atoms with E-state index in [0.717, 1.165) is 27.9 Å². The van der Waals surface area contributed by atoms with Crippen molar-refractivity contribution in [3.8, 4) is 11.3 Å². The molecule has 0 saturated heterocycles. The van der Waals surface area contributed by atoms with E-state index in [1.807, 2.05) is 81.4 Å². The Morgan fingerprint density at radius 3 is 2.31 bits per heavy atom. The second-order valence-electron chi connectivity index (χ2n) is 8.95. The molecule has 0 bridgehead atoms. The molecule has 0 aliphatic heterocycles. The fraction of sp³-hybridized carbons (Fsp3) is 0.250. The number of anilines is 1. The van der Waals surface area contributed by atoms with E-state index in [1.54, 1.807) is 13.8 Å². The van der Waals surface area contributed by atoms with Crippen molar-refractivity contribution in [3.05, 3.63) is 99.2 Å². The molecule has 1 heterocycles. The third-order valence-electron chi connectivity index (χ3n) is 5.85. The average molecular weight is 428 g/mol. The Morgan fingerprint density at radius 1 is 0.969 bits per heavy atom. The Balaban J connectivity index is 1.88. The number of fused-ring (bicyclic) bond motifs is 1. The summed E-state index contributed by atoms with van der Waals surface area (Å²) in [4.78, 5) is 13.3. The summed E-state index contributed by atoms with van der Waals surface area (Å²) in [7, 11) is 0. The van der Waals surface area contributed by atoms with Crippen LogP contribution in [-0.2, 0) is 5.60 Å². The summed E-state index contributed by atoms with van der Waals surface area (Å²) in [5.74, 6) is 0.595. The second kappa shape index (κ2) is 8.29. The summed E-state index contributed by atoms with van der Waals surface area (Å²) < 4.78 is 6.41. The molecule has 0 aliphatic rings. The fourth-order valence-electron chi connectivity index (χ4n) is 4.21. The fourth-order valence-corrected chi connectivity index (χ4v) is 4.21. The molecule has 0 radical (unpaired) electrons. The van der Waals surface area contributed by atoms with Gasteiger partial charge in [0.2, 0.25) is 0 Å². The summed E-state index contributed by atoms with van der Waals surface area (Å²) in [5.41, 5.74) is 4.63. The van der Waals surface area contributed by atoms with Crippen molar-refractivity contribution < 1.29 is 9.52 Å². The maximum absolute atomic E-state index is 13.3. The number of hydrogen-bond acceptors (Lipinski definition) is 4. The van der Waals surface area contributed by atoms with Gasteiger partial charge in [-0.25, -0.2) is 0 Å². The molecule has 164 valence electrons. The molecule has 4 rings (SSSR count). The van der Waals surface area contributed by atoms with Crippen LogP contribution in [-0.4, -0.2) is 5.11 Å². The van der Waals surface area contributed by atoms with Gasteiger partial charge in [-0.15, -0.1) is 0 Å². The van der Waals surface area contributed by atoms with Gasteiger partial charge in [-0.2, -0.15) is 0 Å². The number of aliphatic hydroxyl groups is 1. The molecule has 32 heavy (non-hydrogen) atoms. The first kappa shape index (κ1) is 21.8. The minimum absolute atomic E-state index is 0.0147. The SMILES string of the molecule is Cc1cc(C(C)Nc2ccccc2C(C)(C)O)c2oc(-c3ccccc3)c(C)c(=O)c2c1. The van der Waals surface area contributed by atoms with Gasteiger partial charge in [0.1, 0.15) is 11.3 Å². The Morgan fingerprint density at radius 2 is 1.62 bits per heavy atom. The van der Waals surface area contributed by atoms with Crippen molar-refractivity contribution in [3.63, 3.8) is 0 Å². The molecule has 0 saturated carbocycles. The first-order valence-electron chi connectivity index (χ1n) is 10.9. The van der Waals surface area contributed by atoms with Crippen molar-refractivity contribution in [1.82, 2.24) is 0 Å². The Labute approximate surface area is 188 Å². The van der Waals surface area contributed by atoms with Gasteiger partial charge < -0.3 is 14.8 Å². The van der Waals surface area contributed by atoms with Gasteiger partial charge in [-0.3, -0.25) is 4.79 Å². The molecular weight excluding hydrogens is 398 g/mol. The zero-order valence-electron chi connectivity index (χ0n) is 19.2. The summed E-state index contributed by atoms with van der Waals surface area (Å²) in [6, 6.07) is 21.2. The van der Waals surface area contributed by atoms with E-state index < -0.39 is 5.60 Å². The highest BCUT2D eigenvalue weighted by Crippen LogP contribution is 2.34. The first-order chi connectivity index (χ1) is 15.2. The lowest BCUT2D eigenvalue weighted by Gasteiger charge is -2.25. The average Bonchev–Trinajstić information content (AvgIpc) is 2.76. The molecule has 0 fully saturated rings. The quantitative estimate of drug-likeness (QED) is 0.383. The number of rotatable bonds is 5. The lowest BCUT2D eigenvalue weighted by molar-refractivity contribution is 0.0793. The Bertz CT molecular complexity index is 1330. The van der Waals surface area contributed by atoms with E-state index in [4.69, 9.17) is 4.42 Å². The summed E-state index contributed by atoms with van der Waals surface area (Å²) in [5, 5.41) is 14.7. The summed E-state index contributed by atoms with van der Waals surface area (Å²) >= 11 is 0. The molecule has 0 spiro atoms. The Hall–Kier alpha value is -3.37. The van der Waals surface area contributed by atoms with Crippen LogP contribution in [0.1, 0.15) is 49.1 Å². The van der Waals surface area contributed by atoms with E-state index in [1.165, 1.54) is 0 Å². The van der Waals surface area contributed by atoms with Crippen LogP contribution in [0.15, 0.2) is 75.9 Å². The third-order valence-corrected chi connectivity index (χ3v) is 5.85. The maximum Gasteiger partial charge on any atom is 0.196 e. The van der Waals surface area contributed by atoms with Gasteiger partial charge in [0.15, 0.2) is 5.43 Å². The van der Waals surface area contributed by atoms with Crippen LogP contribution in [0.4, 0.5) is 5.69 Å². The lowest BCUT2D eigenvalue weighted by atomic mass is 9.95. The standard InChI is InChI=1S/C28H29NO3/c1-17-15-21(19(3)29-24-14-10-9-13-23(24)28(4,5)31)27-22(16-17)25(30)18(2)26(32-27)20-11-7-6-8-12-20/h6-16,19,29,31H,1-5H3. The minimum Gasteiger partial charge on any atom is -0.455 e. The summed E-state index contributed by atoms with van der Waals surface area (Å²) in [6.07, 6.45) is 0. The number of para-hydroxylation sites is 1. The van der Waals surface area contributed by atoms with Crippen LogP contribution in [0.5, 0.6) is 0 Å². The van der Waals surface area contributed by atoms with Crippen molar-refractivity contribution >= 4 is 16.7 Å². The predicted molar refractivity (Wildman–Crippen MR) is 131 cm³/mol. The van der Waals surface area contributed by atoms with Gasteiger partial charge in [0.05, 0.1) is 17.0 Å². The van der Waals surface area contributed by atoms with E-state index in [2.05, 4.69) is 11.4 Å². The molecule has 0 aliphatic carbocycles. The highest BCUT2D eigenvalue weighted by molar-refractivity contribution is 5.84. The molecule has 1 atom stereocenters. The molecule has 0 amide bonds. The highest BCUT2D eigenvalue weighted by Gasteiger charge is 2.23. The van der Waals surface area contributed by atoms with Crippen LogP contribution < -0.4 is 10.7 Å². The van der Waals surface area contributed by atoms with Crippen LogP contribution in [0.25, 0.3) is 22.3 Å². The molecular formula is C28H29NO3. The van der Waals surface area contributed by atoms with Crippen molar-refractivity contribution in [2.24, 2.45) is 0 Å².